The maximum Gasteiger partial charge on any atom is 0.407 e. The summed E-state index contributed by atoms with van der Waals surface area (Å²) in [5, 5.41) is 16.7. The van der Waals surface area contributed by atoms with Crippen LogP contribution in [0.25, 0.3) is 10.8 Å². The van der Waals surface area contributed by atoms with Crippen molar-refractivity contribution < 1.29 is 24.2 Å². The zero-order chi connectivity index (χ0) is 24.8. The lowest BCUT2D eigenvalue weighted by molar-refractivity contribution is 0.0879. The van der Waals surface area contributed by atoms with E-state index in [-0.39, 0.29) is 29.9 Å². The number of fused-ring (bicyclic) bond motifs is 1. The molecule has 0 aliphatic carbocycles. The summed E-state index contributed by atoms with van der Waals surface area (Å²) >= 11 is 0. The summed E-state index contributed by atoms with van der Waals surface area (Å²) in [5.41, 5.74) is 1.78. The number of methoxy groups -OCH3 is 1. The largest absolute Gasteiger partial charge is 0.465 e. The normalized spacial score (nSPS) is 15.6. The number of pyridine rings is 1. The van der Waals surface area contributed by atoms with Crippen LogP contribution in [0.4, 0.5) is 10.5 Å². The molecule has 3 amide bonds. The molecular formula is C26H28N4O5. The first-order valence-corrected chi connectivity index (χ1v) is 11.5. The van der Waals surface area contributed by atoms with Gasteiger partial charge in [-0.2, -0.15) is 0 Å². The van der Waals surface area contributed by atoms with Crippen molar-refractivity contribution in [3.63, 3.8) is 0 Å². The average molecular weight is 477 g/mol. The van der Waals surface area contributed by atoms with Gasteiger partial charge < -0.3 is 25.4 Å². The molecule has 1 fully saturated rings. The van der Waals surface area contributed by atoms with E-state index in [2.05, 4.69) is 15.6 Å². The third-order valence-corrected chi connectivity index (χ3v) is 6.20. The van der Waals surface area contributed by atoms with Gasteiger partial charge in [0.25, 0.3) is 11.8 Å². The number of piperidine rings is 1. The molecule has 0 bridgehead atoms. The minimum Gasteiger partial charge on any atom is -0.465 e. The molecule has 2 heterocycles. The Morgan fingerprint density at radius 3 is 2.63 bits per heavy atom. The third-order valence-electron chi connectivity index (χ3n) is 6.20. The summed E-state index contributed by atoms with van der Waals surface area (Å²) in [6.07, 6.45) is 2.90. The van der Waals surface area contributed by atoms with Gasteiger partial charge in [-0.05, 0) is 53.8 Å². The number of rotatable bonds is 7. The van der Waals surface area contributed by atoms with Gasteiger partial charge in [0.1, 0.15) is 0 Å². The number of aromatic nitrogens is 1. The number of nitrogens with zero attached hydrogens (tertiary/aromatic N) is 2. The molecule has 1 unspecified atom stereocenters. The molecule has 2 aromatic carbocycles. The van der Waals surface area contributed by atoms with Crippen LogP contribution in [0, 0.1) is 0 Å². The van der Waals surface area contributed by atoms with Gasteiger partial charge in [0.05, 0.1) is 18.3 Å². The Morgan fingerprint density at radius 1 is 1.06 bits per heavy atom. The molecule has 35 heavy (non-hydrogen) atoms. The molecule has 1 atom stereocenters. The Morgan fingerprint density at radius 2 is 1.86 bits per heavy atom. The van der Waals surface area contributed by atoms with Crippen molar-refractivity contribution >= 4 is 34.4 Å². The summed E-state index contributed by atoms with van der Waals surface area (Å²) in [7, 11) is 1.62. The maximum absolute atomic E-state index is 13.2. The molecule has 0 spiro atoms. The highest BCUT2D eigenvalue weighted by atomic mass is 16.5. The number of carboxylic acid groups (broad SMARTS) is 1. The monoisotopic (exact) mass is 476 g/mol. The topological polar surface area (TPSA) is 121 Å². The first kappa shape index (κ1) is 24.2. The lowest BCUT2D eigenvalue weighted by atomic mass is 9.99. The van der Waals surface area contributed by atoms with Crippen molar-refractivity contribution in [2.45, 2.75) is 31.9 Å². The molecule has 9 heteroatoms. The van der Waals surface area contributed by atoms with Crippen LogP contribution in [0.3, 0.4) is 0 Å². The summed E-state index contributed by atoms with van der Waals surface area (Å²) < 4.78 is 5.27. The van der Waals surface area contributed by atoms with Crippen molar-refractivity contribution in [3.05, 3.63) is 71.5 Å². The molecule has 4 rings (SSSR count). The zero-order valence-corrected chi connectivity index (χ0v) is 19.5. The first-order valence-electron chi connectivity index (χ1n) is 11.5. The van der Waals surface area contributed by atoms with E-state index in [0.29, 0.717) is 25.1 Å². The average Bonchev–Trinajstić information content (AvgIpc) is 2.88. The molecule has 182 valence electrons. The predicted octanol–water partition coefficient (Wildman–Crippen LogP) is 3.90. The SMILES string of the molecule is COCc1ccc(C(=O)Nc2cccnc2C(=O)NCC2CCCCN2C(=O)O)c2ccccc12. The molecule has 1 aliphatic heterocycles. The fraction of sp³-hybridized carbons (Fsp3) is 0.308. The van der Waals surface area contributed by atoms with Crippen LogP contribution < -0.4 is 10.6 Å². The Bertz CT molecular complexity index is 1250. The Labute approximate surface area is 203 Å². The van der Waals surface area contributed by atoms with Gasteiger partial charge in [0.2, 0.25) is 0 Å². The summed E-state index contributed by atoms with van der Waals surface area (Å²) in [6, 6.07) is 14.2. The number of carbonyl (C=O) groups excluding carboxylic acids is 2. The highest BCUT2D eigenvalue weighted by Gasteiger charge is 2.27. The summed E-state index contributed by atoms with van der Waals surface area (Å²) in [4.78, 5) is 43.2. The van der Waals surface area contributed by atoms with E-state index >= 15 is 0 Å². The number of nitrogens with one attached hydrogen (secondary N) is 2. The second kappa shape index (κ2) is 11.0. The van der Waals surface area contributed by atoms with Crippen molar-refractivity contribution in [1.82, 2.24) is 15.2 Å². The van der Waals surface area contributed by atoms with E-state index in [1.165, 1.54) is 11.1 Å². The van der Waals surface area contributed by atoms with Crippen LogP contribution in [0.5, 0.6) is 0 Å². The number of ether oxygens (including phenoxy) is 1. The van der Waals surface area contributed by atoms with Crippen LogP contribution >= 0.6 is 0 Å². The Balaban J connectivity index is 1.52. The lowest BCUT2D eigenvalue weighted by Gasteiger charge is -2.33. The number of anilines is 1. The van der Waals surface area contributed by atoms with Crippen LogP contribution in [0.2, 0.25) is 0 Å². The maximum atomic E-state index is 13.2. The highest BCUT2D eigenvalue weighted by Crippen LogP contribution is 2.25. The van der Waals surface area contributed by atoms with Gasteiger partial charge in [0.15, 0.2) is 5.69 Å². The molecule has 3 N–H and O–H groups in total. The van der Waals surface area contributed by atoms with Gasteiger partial charge in [-0.3, -0.25) is 9.59 Å². The molecular weight excluding hydrogens is 448 g/mol. The smallest absolute Gasteiger partial charge is 0.407 e. The fourth-order valence-electron chi connectivity index (χ4n) is 4.48. The predicted molar refractivity (Wildman–Crippen MR) is 132 cm³/mol. The van der Waals surface area contributed by atoms with E-state index in [9.17, 15) is 19.5 Å². The minimum absolute atomic E-state index is 0.0684. The minimum atomic E-state index is -0.988. The van der Waals surface area contributed by atoms with Crippen LogP contribution in [0.1, 0.15) is 45.7 Å². The van der Waals surface area contributed by atoms with E-state index in [1.54, 1.807) is 25.3 Å². The van der Waals surface area contributed by atoms with Crippen molar-refractivity contribution in [1.29, 1.82) is 0 Å². The van der Waals surface area contributed by atoms with Gasteiger partial charge in [0, 0.05) is 32.0 Å². The van der Waals surface area contributed by atoms with Crippen LogP contribution in [-0.4, -0.2) is 59.1 Å². The number of hydrogen-bond acceptors (Lipinski definition) is 5. The number of hydrogen-bond donors (Lipinski definition) is 3. The van der Waals surface area contributed by atoms with Crippen molar-refractivity contribution in [2.75, 3.05) is 25.5 Å². The quantitative estimate of drug-likeness (QED) is 0.476. The summed E-state index contributed by atoms with van der Waals surface area (Å²) in [6.45, 7) is 1.06. The third kappa shape index (κ3) is 5.41. The van der Waals surface area contributed by atoms with Crippen LogP contribution in [0.15, 0.2) is 54.7 Å². The highest BCUT2D eigenvalue weighted by molar-refractivity contribution is 6.15. The van der Waals surface area contributed by atoms with Gasteiger partial charge in [-0.1, -0.05) is 30.3 Å². The van der Waals surface area contributed by atoms with E-state index in [4.69, 9.17) is 4.74 Å². The van der Waals surface area contributed by atoms with Gasteiger partial charge in [-0.15, -0.1) is 0 Å². The number of amides is 3. The first-order chi connectivity index (χ1) is 17.0. The van der Waals surface area contributed by atoms with Gasteiger partial charge in [-0.25, -0.2) is 9.78 Å². The zero-order valence-electron chi connectivity index (χ0n) is 19.5. The van der Waals surface area contributed by atoms with Crippen LogP contribution in [-0.2, 0) is 11.3 Å². The van der Waals surface area contributed by atoms with E-state index in [0.717, 1.165) is 29.2 Å². The standard InChI is InChI=1S/C26H28N4O5/c1-35-16-17-11-12-21(20-9-3-2-8-19(17)20)24(31)29-22-10-6-13-27-23(22)25(32)28-15-18-7-4-5-14-30(18)26(33)34/h2-3,6,8-13,18H,4-5,7,14-16H2,1H3,(H,28,32)(H,29,31)(H,33,34). The Hall–Kier alpha value is -3.98. The second-order valence-corrected chi connectivity index (χ2v) is 8.44. The molecule has 1 saturated heterocycles. The number of benzene rings is 2. The van der Waals surface area contributed by atoms with Crippen molar-refractivity contribution in [2.24, 2.45) is 0 Å². The molecule has 0 radical (unpaired) electrons. The van der Waals surface area contributed by atoms with E-state index in [1.807, 2.05) is 30.3 Å². The lowest BCUT2D eigenvalue weighted by Crippen LogP contribution is -2.49. The molecule has 9 nitrogen and oxygen atoms in total. The molecule has 0 saturated carbocycles. The number of likely N-dealkylation sites (tertiary alicyclic amines) is 1. The second-order valence-electron chi connectivity index (χ2n) is 8.44. The van der Waals surface area contributed by atoms with Crippen molar-refractivity contribution in [3.8, 4) is 0 Å². The summed E-state index contributed by atoms with van der Waals surface area (Å²) in [5.74, 6) is -0.839. The number of carbonyl (C=O) groups is 3. The Kier molecular flexibility index (Phi) is 7.57. The van der Waals surface area contributed by atoms with E-state index < -0.39 is 12.0 Å². The van der Waals surface area contributed by atoms with Gasteiger partial charge >= 0.3 is 6.09 Å². The molecule has 3 aromatic rings. The molecule has 1 aliphatic rings. The molecule has 1 aromatic heterocycles. The fourth-order valence-corrected chi connectivity index (χ4v) is 4.48.